The maximum atomic E-state index is 12.9. The van der Waals surface area contributed by atoms with Gasteiger partial charge < -0.3 is 39.9 Å². The minimum absolute atomic E-state index is 0.0766. The number of nitrogen functional groups attached to an aromatic ring is 1. The van der Waals surface area contributed by atoms with Crippen molar-refractivity contribution in [3.8, 4) is 0 Å². The van der Waals surface area contributed by atoms with Crippen LogP contribution < -0.4 is 11.4 Å². The van der Waals surface area contributed by atoms with Crippen LogP contribution in [0.4, 0.5) is 5.82 Å². The molecule has 1 aliphatic heterocycles. The summed E-state index contributed by atoms with van der Waals surface area (Å²) in [5.41, 5.74) is 4.58. The van der Waals surface area contributed by atoms with E-state index in [4.69, 9.17) is 29.0 Å². The standard InChI is InChI=1S/C52H85N3O15P2/c1-3-5-7-9-11-13-15-17-19-20-21-22-24-26-28-30-32-34-36-38-48(57)68-44(41-65-47(56)37-35-33-31-29-27-25-23-18-16-14-12-10-8-6-4-2)42-66-71(61,62)70-72(63,64)67-43-45-49(58)50(59)51(69-45)55-40-39-46(53)54-52(55)60/h5,7,11,13,17,19,21-22,26,28,32,34,39-40,44-45,49-51,58-59H,3-4,6,8-10,12,14-16,18,20,23-25,27,29-31,33,35-38,41-43H2,1-2H3,(H,61,62)(H,63,64)(H2,53,54,60)/b7-5-,13-11-,19-17-,22-21-,28-26-,34-32-/t44-,45-,49-,50-,51-/m1/s1. The fraction of sp³-hybridized carbons (Fsp3) is 0.654. The van der Waals surface area contributed by atoms with Crippen LogP contribution in [0.3, 0.4) is 0 Å². The van der Waals surface area contributed by atoms with Gasteiger partial charge in [-0.15, -0.1) is 0 Å². The van der Waals surface area contributed by atoms with E-state index in [1.165, 1.54) is 70.3 Å². The Morgan fingerprint density at radius 3 is 1.68 bits per heavy atom. The predicted octanol–water partition coefficient (Wildman–Crippen LogP) is 10.9. The van der Waals surface area contributed by atoms with Crippen molar-refractivity contribution in [2.45, 2.75) is 199 Å². The quantitative estimate of drug-likeness (QED) is 0.0176. The molecule has 408 valence electrons. The molecule has 1 aliphatic rings. The summed E-state index contributed by atoms with van der Waals surface area (Å²) in [6.07, 6.45) is 41.4. The number of ether oxygens (including phenoxy) is 3. The monoisotopic (exact) mass is 1050 g/mol. The number of aliphatic hydroxyl groups is 2. The fourth-order valence-electron chi connectivity index (χ4n) is 7.34. The number of rotatable bonds is 42. The third-order valence-corrected chi connectivity index (χ3v) is 13.9. The molecule has 1 saturated heterocycles. The van der Waals surface area contributed by atoms with Gasteiger partial charge in [-0.05, 0) is 57.4 Å². The summed E-state index contributed by atoms with van der Waals surface area (Å²) in [6.45, 7) is 1.98. The molecule has 2 unspecified atom stereocenters. The van der Waals surface area contributed by atoms with Crippen molar-refractivity contribution in [3.05, 3.63) is 95.7 Å². The molecule has 1 fully saturated rings. The topological polar surface area (TPSA) is 265 Å². The number of aliphatic hydroxyl groups excluding tert-OH is 2. The van der Waals surface area contributed by atoms with Crippen LogP contribution in [0.2, 0.25) is 0 Å². The van der Waals surface area contributed by atoms with Gasteiger partial charge in [-0.3, -0.25) is 23.2 Å². The van der Waals surface area contributed by atoms with Crippen LogP contribution in [-0.4, -0.2) is 85.7 Å². The van der Waals surface area contributed by atoms with E-state index >= 15 is 0 Å². The fourth-order valence-corrected chi connectivity index (χ4v) is 9.45. The zero-order chi connectivity index (χ0) is 52.7. The highest BCUT2D eigenvalue weighted by Crippen LogP contribution is 2.60. The second-order valence-electron chi connectivity index (χ2n) is 17.6. The Labute approximate surface area is 427 Å². The summed E-state index contributed by atoms with van der Waals surface area (Å²) in [5.74, 6) is -1.40. The third kappa shape index (κ3) is 31.7. The second kappa shape index (κ2) is 39.6. The molecule has 0 saturated carbocycles. The average molecular weight is 1050 g/mol. The van der Waals surface area contributed by atoms with Crippen molar-refractivity contribution < 1.29 is 66.3 Å². The van der Waals surface area contributed by atoms with Gasteiger partial charge in [-0.1, -0.05) is 177 Å². The number of nitrogens with two attached hydrogens (primary N) is 1. The maximum Gasteiger partial charge on any atom is 0.481 e. The lowest BCUT2D eigenvalue weighted by atomic mass is 10.0. The predicted molar refractivity (Wildman–Crippen MR) is 279 cm³/mol. The van der Waals surface area contributed by atoms with Crippen molar-refractivity contribution in [3.63, 3.8) is 0 Å². The molecule has 0 spiro atoms. The van der Waals surface area contributed by atoms with E-state index in [2.05, 4.69) is 71.8 Å². The number of aromatic nitrogens is 2. The summed E-state index contributed by atoms with van der Waals surface area (Å²) in [5, 5.41) is 20.9. The SMILES string of the molecule is CC/C=C\C/C=C\C/C=C\C/C=C\C/C=C\C/C=C\CCC(=O)O[C@H](COC(=O)CCCCCCCCCCCCCCCCC)COP(=O)(O)OP(=O)(O)OC[C@H]1O[C@@H](n2ccc(N)nc2=O)[C@H](O)[C@@H]1O. The Bertz CT molecular complexity index is 1990. The van der Waals surface area contributed by atoms with E-state index in [0.717, 1.165) is 68.6 Å². The third-order valence-electron chi connectivity index (χ3n) is 11.3. The Kier molecular flexibility index (Phi) is 35.4. The van der Waals surface area contributed by atoms with Crippen LogP contribution in [0.15, 0.2) is 90.0 Å². The first-order valence-electron chi connectivity index (χ1n) is 25.9. The normalized spacial score (nSPS) is 19.6. The molecule has 72 heavy (non-hydrogen) atoms. The number of hydrogen-bond acceptors (Lipinski definition) is 15. The number of nitrogens with zero attached hydrogens (tertiary/aromatic N) is 2. The molecule has 1 aromatic rings. The Balaban J connectivity index is 1.83. The number of esters is 2. The van der Waals surface area contributed by atoms with Crippen molar-refractivity contribution in [1.29, 1.82) is 0 Å². The van der Waals surface area contributed by atoms with Gasteiger partial charge in [-0.25, -0.2) is 13.9 Å². The van der Waals surface area contributed by atoms with Gasteiger partial charge >= 0.3 is 33.3 Å². The average Bonchev–Trinajstić information content (AvgIpc) is 3.62. The Hall–Kier alpha value is -3.80. The lowest BCUT2D eigenvalue weighted by molar-refractivity contribution is -0.161. The highest BCUT2D eigenvalue weighted by Gasteiger charge is 2.46. The van der Waals surface area contributed by atoms with Gasteiger partial charge in [0.2, 0.25) is 0 Å². The van der Waals surface area contributed by atoms with Gasteiger partial charge in [0.1, 0.15) is 30.7 Å². The van der Waals surface area contributed by atoms with Crippen LogP contribution in [-0.2, 0) is 46.3 Å². The zero-order valence-corrected chi connectivity index (χ0v) is 44.5. The maximum absolute atomic E-state index is 12.9. The number of phosphoric ester groups is 2. The largest absolute Gasteiger partial charge is 0.481 e. The molecule has 0 aliphatic carbocycles. The summed E-state index contributed by atoms with van der Waals surface area (Å²) in [6, 6.07) is 1.24. The lowest BCUT2D eigenvalue weighted by Crippen LogP contribution is -2.36. The van der Waals surface area contributed by atoms with E-state index < -0.39 is 83.7 Å². The molecule has 20 heteroatoms. The molecule has 2 heterocycles. The minimum atomic E-state index is -5.44. The number of hydrogen-bond donors (Lipinski definition) is 5. The van der Waals surface area contributed by atoms with E-state index in [9.17, 15) is 43.5 Å². The summed E-state index contributed by atoms with van der Waals surface area (Å²) in [4.78, 5) is 61.9. The lowest BCUT2D eigenvalue weighted by Gasteiger charge is -2.21. The summed E-state index contributed by atoms with van der Waals surface area (Å²) < 4.78 is 56.7. The first-order valence-corrected chi connectivity index (χ1v) is 28.9. The van der Waals surface area contributed by atoms with E-state index in [1.54, 1.807) is 0 Å². The molecule has 2 rings (SSSR count). The first kappa shape index (κ1) is 64.3. The van der Waals surface area contributed by atoms with E-state index in [-0.39, 0.29) is 18.7 Å². The molecule has 0 bridgehead atoms. The number of carbonyl (C=O) groups is 2. The van der Waals surface area contributed by atoms with Crippen LogP contribution in [0.1, 0.15) is 174 Å². The highest BCUT2D eigenvalue weighted by molar-refractivity contribution is 7.61. The molecule has 1 aromatic heterocycles. The van der Waals surface area contributed by atoms with Crippen molar-refractivity contribution in [2.75, 3.05) is 25.6 Å². The second-order valence-corrected chi connectivity index (χ2v) is 20.7. The number of unbranched alkanes of at least 4 members (excludes halogenated alkanes) is 14. The van der Waals surface area contributed by atoms with E-state index in [1.807, 2.05) is 24.3 Å². The Morgan fingerprint density at radius 1 is 0.681 bits per heavy atom. The number of allylic oxidation sites excluding steroid dienone is 12. The molecule has 7 atom stereocenters. The van der Waals surface area contributed by atoms with Gasteiger partial charge in [0.25, 0.3) is 0 Å². The number of anilines is 1. The molecule has 18 nitrogen and oxygen atoms in total. The van der Waals surface area contributed by atoms with Gasteiger partial charge in [-0.2, -0.15) is 9.29 Å². The van der Waals surface area contributed by atoms with Gasteiger partial charge in [0.15, 0.2) is 12.3 Å². The van der Waals surface area contributed by atoms with Crippen LogP contribution in [0, 0.1) is 0 Å². The molecule has 0 aromatic carbocycles. The summed E-state index contributed by atoms with van der Waals surface area (Å²) in [7, 11) is -10.9. The van der Waals surface area contributed by atoms with E-state index in [0.29, 0.717) is 19.3 Å². The first-order chi connectivity index (χ1) is 34.7. The number of carbonyl (C=O) groups excluding carboxylic acids is 2. The molecular weight excluding hydrogens is 969 g/mol. The number of phosphoric acid groups is 2. The van der Waals surface area contributed by atoms with Crippen molar-refractivity contribution in [2.24, 2.45) is 0 Å². The molecule has 6 N–H and O–H groups in total. The molecular formula is C52H85N3O15P2. The van der Waals surface area contributed by atoms with Crippen LogP contribution in [0.5, 0.6) is 0 Å². The smallest absolute Gasteiger partial charge is 0.462 e. The van der Waals surface area contributed by atoms with Crippen molar-refractivity contribution in [1.82, 2.24) is 9.55 Å². The van der Waals surface area contributed by atoms with Gasteiger partial charge in [0, 0.05) is 19.0 Å². The molecule has 0 amide bonds. The van der Waals surface area contributed by atoms with Crippen molar-refractivity contribution >= 4 is 33.4 Å². The molecule has 0 radical (unpaired) electrons. The summed E-state index contributed by atoms with van der Waals surface area (Å²) >= 11 is 0. The van der Waals surface area contributed by atoms with Crippen LogP contribution in [0.25, 0.3) is 0 Å². The highest BCUT2D eigenvalue weighted by atomic mass is 31.3. The Morgan fingerprint density at radius 2 is 1.17 bits per heavy atom. The van der Waals surface area contributed by atoms with Crippen LogP contribution >= 0.6 is 15.6 Å². The minimum Gasteiger partial charge on any atom is -0.462 e. The van der Waals surface area contributed by atoms with Gasteiger partial charge in [0.05, 0.1) is 13.2 Å². The zero-order valence-electron chi connectivity index (χ0n) is 42.7.